The van der Waals surface area contributed by atoms with Gasteiger partial charge >= 0.3 is 0 Å². The van der Waals surface area contributed by atoms with Crippen LogP contribution in [0.25, 0.3) is 15.7 Å². The maximum Gasteiger partial charge on any atom is 0.236 e. The lowest BCUT2D eigenvalue weighted by Gasteiger charge is -2.17. The van der Waals surface area contributed by atoms with Crippen LogP contribution in [0.4, 0.5) is 5.95 Å². The van der Waals surface area contributed by atoms with Gasteiger partial charge in [-0.15, -0.1) is 15.3 Å². The van der Waals surface area contributed by atoms with Gasteiger partial charge in [0.1, 0.15) is 17.4 Å². The van der Waals surface area contributed by atoms with E-state index in [2.05, 4.69) is 39.0 Å². The van der Waals surface area contributed by atoms with Crippen molar-refractivity contribution in [3.63, 3.8) is 0 Å². The second-order valence-corrected chi connectivity index (χ2v) is 7.39. The summed E-state index contributed by atoms with van der Waals surface area (Å²) in [7, 11) is 0. The zero-order chi connectivity index (χ0) is 19.2. The van der Waals surface area contributed by atoms with Crippen LogP contribution in [0.5, 0.6) is 5.75 Å². The van der Waals surface area contributed by atoms with E-state index in [9.17, 15) is 0 Å². The van der Waals surface area contributed by atoms with Crippen molar-refractivity contribution in [1.29, 1.82) is 0 Å². The first-order valence-electron chi connectivity index (χ1n) is 8.70. The van der Waals surface area contributed by atoms with Gasteiger partial charge in [-0.05, 0) is 43.6 Å². The first-order chi connectivity index (χ1) is 13.1. The van der Waals surface area contributed by atoms with Gasteiger partial charge in [0.05, 0.1) is 0 Å². The monoisotopic (exact) mass is 405 g/mol. The Kier molecular flexibility index (Phi) is 6.64. The van der Waals surface area contributed by atoms with Gasteiger partial charge in [0, 0.05) is 12.1 Å². The Labute approximate surface area is 166 Å². The lowest BCUT2D eigenvalue weighted by atomic mass is 10.2. The molecule has 8 nitrogen and oxygen atoms in total. The van der Waals surface area contributed by atoms with Crippen molar-refractivity contribution in [3.8, 4) is 21.5 Å². The van der Waals surface area contributed by atoms with E-state index >= 15 is 0 Å². The third-order valence-electron chi connectivity index (χ3n) is 4.06. The van der Waals surface area contributed by atoms with Crippen molar-refractivity contribution in [3.05, 3.63) is 24.3 Å². The summed E-state index contributed by atoms with van der Waals surface area (Å²) in [6.07, 6.45) is 1.90. The molecule has 0 fully saturated rings. The third kappa shape index (κ3) is 4.76. The number of hydrogen-bond donors (Lipinski definition) is 1. The molecule has 3 aromatic rings. The molecule has 2 N–H and O–H groups in total. The van der Waals surface area contributed by atoms with Crippen molar-refractivity contribution in [2.75, 3.05) is 38.2 Å². The average molecular weight is 406 g/mol. The molecule has 0 aliphatic carbocycles. The Morgan fingerprint density at radius 2 is 1.93 bits per heavy atom. The van der Waals surface area contributed by atoms with Crippen molar-refractivity contribution < 1.29 is 4.74 Å². The predicted molar refractivity (Wildman–Crippen MR) is 110 cm³/mol. The zero-order valence-electron chi connectivity index (χ0n) is 15.6. The van der Waals surface area contributed by atoms with Crippen LogP contribution in [0.2, 0.25) is 0 Å². The highest BCUT2D eigenvalue weighted by molar-refractivity contribution is 7.98. The SMILES string of the molecule is CCN(CC)CCOc1ccc(-c2nnc(-n3nc(SC)nc3N)s2)cc1. The minimum atomic E-state index is 0.305. The average Bonchev–Trinajstić information content (AvgIpc) is 3.32. The lowest BCUT2D eigenvalue weighted by Crippen LogP contribution is -2.27. The summed E-state index contributed by atoms with van der Waals surface area (Å²) >= 11 is 2.84. The van der Waals surface area contributed by atoms with Crippen molar-refractivity contribution in [2.45, 2.75) is 19.0 Å². The first kappa shape index (κ1) is 19.6. The van der Waals surface area contributed by atoms with Crippen molar-refractivity contribution in [1.82, 2.24) is 29.9 Å². The quantitative estimate of drug-likeness (QED) is 0.543. The molecule has 3 rings (SSSR count). The fourth-order valence-electron chi connectivity index (χ4n) is 2.48. The number of thioether (sulfide) groups is 1. The molecule has 0 saturated heterocycles. The number of rotatable bonds is 9. The van der Waals surface area contributed by atoms with Crippen LogP contribution in [-0.2, 0) is 0 Å². The minimum Gasteiger partial charge on any atom is -0.492 e. The van der Waals surface area contributed by atoms with Crippen LogP contribution >= 0.6 is 23.1 Å². The molecule has 2 aromatic heterocycles. The van der Waals surface area contributed by atoms with E-state index < -0.39 is 0 Å². The molecule has 1 aromatic carbocycles. The molecule has 0 saturated carbocycles. The maximum atomic E-state index is 5.90. The van der Waals surface area contributed by atoms with Crippen LogP contribution in [0.15, 0.2) is 29.4 Å². The Balaban J connectivity index is 1.65. The first-order valence-corrected chi connectivity index (χ1v) is 10.7. The standard InChI is InChI=1S/C17H23N7OS2/c1-4-23(5-2)10-11-25-13-8-6-12(7-9-13)14-20-21-17(27-14)24-15(18)19-16(22-24)26-3/h6-9H,4-5,10-11H2,1-3H3,(H2,18,19,22). The molecular weight excluding hydrogens is 382 g/mol. The van der Waals surface area contributed by atoms with Crippen LogP contribution in [0, 0.1) is 0 Å². The van der Waals surface area contributed by atoms with Gasteiger partial charge < -0.3 is 15.4 Å². The number of benzene rings is 1. The number of hydrogen-bond acceptors (Lipinski definition) is 9. The number of nitrogens with two attached hydrogens (primary N) is 1. The molecule has 10 heteroatoms. The normalized spacial score (nSPS) is 11.3. The molecule has 0 unspecified atom stereocenters. The second kappa shape index (κ2) is 9.16. The van der Waals surface area contributed by atoms with Gasteiger partial charge in [-0.2, -0.15) is 9.67 Å². The molecule has 144 valence electrons. The van der Waals surface area contributed by atoms with E-state index in [1.807, 2.05) is 30.5 Å². The van der Waals surface area contributed by atoms with Gasteiger partial charge in [-0.25, -0.2) is 0 Å². The molecule has 27 heavy (non-hydrogen) atoms. The van der Waals surface area contributed by atoms with Crippen LogP contribution in [0.1, 0.15) is 13.8 Å². The van der Waals surface area contributed by atoms with E-state index in [4.69, 9.17) is 10.5 Å². The number of ether oxygens (including phenoxy) is 1. The van der Waals surface area contributed by atoms with Crippen LogP contribution in [0.3, 0.4) is 0 Å². The van der Waals surface area contributed by atoms with Crippen LogP contribution < -0.4 is 10.5 Å². The highest BCUT2D eigenvalue weighted by atomic mass is 32.2. The molecule has 2 heterocycles. The summed E-state index contributed by atoms with van der Waals surface area (Å²) in [4.78, 5) is 6.49. The number of likely N-dealkylation sites (N-methyl/N-ethyl adjacent to an activating group) is 1. The number of aromatic nitrogens is 5. The fourth-order valence-corrected chi connectivity index (χ4v) is 3.63. The summed E-state index contributed by atoms with van der Waals surface area (Å²) in [6, 6.07) is 7.87. The van der Waals surface area contributed by atoms with Gasteiger partial charge in [0.15, 0.2) is 0 Å². The molecule has 0 bridgehead atoms. The zero-order valence-corrected chi connectivity index (χ0v) is 17.3. The predicted octanol–water partition coefficient (Wildman–Crippen LogP) is 2.81. The fraction of sp³-hybridized carbons (Fsp3) is 0.412. The summed E-state index contributed by atoms with van der Waals surface area (Å²) in [5, 5.41) is 14.7. The lowest BCUT2D eigenvalue weighted by molar-refractivity contribution is 0.223. The molecule has 0 radical (unpaired) electrons. The van der Waals surface area contributed by atoms with Gasteiger partial charge in [-0.1, -0.05) is 36.9 Å². The molecular formula is C17H23N7OS2. The molecule has 0 amide bonds. The largest absolute Gasteiger partial charge is 0.492 e. The highest BCUT2D eigenvalue weighted by Crippen LogP contribution is 2.28. The second-order valence-electron chi connectivity index (χ2n) is 5.66. The third-order valence-corrected chi connectivity index (χ3v) is 5.55. The van der Waals surface area contributed by atoms with E-state index in [-0.39, 0.29) is 0 Å². The minimum absolute atomic E-state index is 0.305. The maximum absolute atomic E-state index is 5.90. The number of nitrogen functional groups attached to an aromatic ring is 1. The van der Waals surface area contributed by atoms with E-state index in [0.717, 1.165) is 36.0 Å². The Bertz CT molecular complexity index is 859. The van der Waals surface area contributed by atoms with E-state index in [1.54, 1.807) is 0 Å². The smallest absolute Gasteiger partial charge is 0.236 e. The topological polar surface area (TPSA) is 95.0 Å². The molecule has 0 aliphatic rings. The Morgan fingerprint density at radius 1 is 1.19 bits per heavy atom. The highest BCUT2D eigenvalue weighted by Gasteiger charge is 2.14. The van der Waals surface area contributed by atoms with Crippen molar-refractivity contribution in [2.24, 2.45) is 0 Å². The van der Waals surface area contributed by atoms with Gasteiger partial charge in [0.2, 0.25) is 16.2 Å². The molecule has 0 atom stereocenters. The Hall–Kier alpha value is -2.17. The van der Waals surface area contributed by atoms with Gasteiger partial charge in [0.25, 0.3) is 0 Å². The van der Waals surface area contributed by atoms with E-state index in [1.165, 1.54) is 27.8 Å². The Morgan fingerprint density at radius 3 is 2.56 bits per heavy atom. The summed E-state index contributed by atoms with van der Waals surface area (Å²) in [5.74, 6) is 1.15. The van der Waals surface area contributed by atoms with Crippen LogP contribution in [-0.4, -0.2) is 62.4 Å². The van der Waals surface area contributed by atoms with Crippen molar-refractivity contribution >= 4 is 29.0 Å². The summed E-state index contributed by atoms with van der Waals surface area (Å²) < 4.78 is 7.33. The number of anilines is 1. The van der Waals surface area contributed by atoms with E-state index in [0.29, 0.717) is 22.8 Å². The molecule has 0 spiro atoms. The summed E-state index contributed by atoms with van der Waals surface area (Å²) in [5.41, 5.74) is 6.87. The van der Waals surface area contributed by atoms with Gasteiger partial charge in [-0.3, -0.25) is 0 Å². The summed E-state index contributed by atoms with van der Waals surface area (Å²) in [6.45, 7) is 7.98. The number of nitrogens with zero attached hydrogens (tertiary/aromatic N) is 6. The molecule has 0 aliphatic heterocycles.